The van der Waals surface area contributed by atoms with Gasteiger partial charge in [0.1, 0.15) is 5.75 Å². The highest BCUT2D eigenvalue weighted by Crippen LogP contribution is 2.15. The molecule has 116 valence electrons. The van der Waals surface area contributed by atoms with Gasteiger partial charge in [-0.2, -0.15) is 0 Å². The molecule has 1 saturated heterocycles. The van der Waals surface area contributed by atoms with Gasteiger partial charge in [-0.25, -0.2) is 0 Å². The van der Waals surface area contributed by atoms with Crippen LogP contribution in [0.15, 0.2) is 24.3 Å². The van der Waals surface area contributed by atoms with Gasteiger partial charge in [0.2, 0.25) is 5.91 Å². The van der Waals surface area contributed by atoms with Gasteiger partial charge in [-0.3, -0.25) is 9.69 Å². The molecule has 1 aliphatic rings. The average molecular weight is 291 g/mol. The van der Waals surface area contributed by atoms with Crippen LogP contribution in [0, 0.1) is 0 Å². The molecule has 1 aliphatic heterocycles. The van der Waals surface area contributed by atoms with E-state index in [4.69, 9.17) is 0 Å². The van der Waals surface area contributed by atoms with E-state index in [2.05, 4.69) is 15.5 Å². The van der Waals surface area contributed by atoms with E-state index in [9.17, 15) is 9.90 Å². The van der Waals surface area contributed by atoms with E-state index in [1.165, 1.54) is 0 Å². The van der Waals surface area contributed by atoms with Crippen molar-refractivity contribution in [3.8, 4) is 5.75 Å². The van der Waals surface area contributed by atoms with Crippen molar-refractivity contribution in [3.63, 3.8) is 0 Å². The van der Waals surface area contributed by atoms with Gasteiger partial charge in [-0.15, -0.1) is 0 Å². The van der Waals surface area contributed by atoms with E-state index in [1.807, 2.05) is 26.2 Å². The molecule has 0 spiro atoms. The Kier molecular flexibility index (Phi) is 5.59. The smallest absolute Gasteiger partial charge is 0.237 e. The normalized spacial score (nSPS) is 20.4. The first-order valence-corrected chi connectivity index (χ1v) is 7.53. The molecule has 2 rings (SSSR count). The first-order valence-electron chi connectivity index (χ1n) is 7.53. The zero-order valence-electron chi connectivity index (χ0n) is 12.8. The van der Waals surface area contributed by atoms with E-state index >= 15 is 0 Å². The molecule has 1 aromatic rings. The van der Waals surface area contributed by atoms with Gasteiger partial charge in [-0.1, -0.05) is 12.1 Å². The van der Waals surface area contributed by atoms with Crippen molar-refractivity contribution in [2.45, 2.75) is 31.3 Å². The highest BCUT2D eigenvalue weighted by molar-refractivity contribution is 5.82. The molecule has 0 aromatic heterocycles. The van der Waals surface area contributed by atoms with Gasteiger partial charge in [0.25, 0.3) is 0 Å². The van der Waals surface area contributed by atoms with Crippen LogP contribution >= 0.6 is 0 Å². The summed E-state index contributed by atoms with van der Waals surface area (Å²) in [5, 5.41) is 15.6. The van der Waals surface area contributed by atoms with Crippen molar-refractivity contribution in [3.05, 3.63) is 29.8 Å². The quantitative estimate of drug-likeness (QED) is 0.723. The van der Waals surface area contributed by atoms with Crippen molar-refractivity contribution in [1.82, 2.24) is 15.5 Å². The minimum absolute atomic E-state index is 0.00386. The van der Waals surface area contributed by atoms with Gasteiger partial charge < -0.3 is 15.7 Å². The summed E-state index contributed by atoms with van der Waals surface area (Å²) in [6, 6.07) is 7.21. The monoisotopic (exact) mass is 291 g/mol. The van der Waals surface area contributed by atoms with E-state index < -0.39 is 0 Å². The van der Waals surface area contributed by atoms with Crippen molar-refractivity contribution in [2.24, 2.45) is 0 Å². The standard InChI is InChI=1S/C16H25N3O2/c1-17-11-13(10-12-5-7-14(20)8-6-12)18-16(21)15-4-3-9-19(15)2/h5-8,13,15,17,20H,3-4,9-11H2,1-2H3,(H,18,21)/t13-,15-/m0/s1. The fourth-order valence-electron chi connectivity index (χ4n) is 2.88. The SMILES string of the molecule is CNC[C@H](Cc1ccc(O)cc1)NC(=O)[C@@H]1CCCN1C. The van der Waals surface area contributed by atoms with Crippen LogP contribution in [0.4, 0.5) is 0 Å². The van der Waals surface area contributed by atoms with E-state index in [-0.39, 0.29) is 23.7 Å². The van der Waals surface area contributed by atoms with Gasteiger partial charge in [-0.05, 0) is 57.6 Å². The second-order valence-electron chi connectivity index (χ2n) is 5.77. The lowest BCUT2D eigenvalue weighted by Crippen LogP contribution is -2.49. The maximum Gasteiger partial charge on any atom is 0.237 e. The van der Waals surface area contributed by atoms with Crippen LogP contribution in [0.1, 0.15) is 18.4 Å². The van der Waals surface area contributed by atoms with Crippen molar-refractivity contribution >= 4 is 5.91 Å². The van der Waals surface area contributed by atoms with E-state index in [1.54, 1.807) is 12.1 Å². The third-order valence-corrected chi connectivity index (χ3v) is 4.04. The molecule has 0 radical (unpaired) electrons. The number of nitrogens with zero attached hydrogens (tertiary/aromatic N) is 1. The summed E-state index contributed by atoms with van der Waals surface area (Å²) in [4.78, 5) is 14.5. The van der Waals surface area contributed by atoms with E-state index in [0.717, 1.165) is 37.9 Å². The third-order valence-electron chi connectivity index (χ3n) is 4.04. The summed E-state index contributed by atoms with van der Waals surface area (Å²) < 4.78 is 0. The molecule has 1 amide bonds. The summed E-state index contributed by atoms with van der Waals surface area (Å²) in [7, 11) is 3.89. The Morgan fingerprint density at radius 2 is 2.14 bits per heavy atom. The number of phenolic OH excluding ortho intramolecular Hbond substituents is 1. The van der Waals surface area contributed by atoms with Gasteiger partial charge in [0.05, 0.1) is 6.04 Å². The minimum atomic E-state index is 0.00386. The lowest BCUT2D eigenvalue weighted by atomic mass is 10.0. The number of amides is 1. The predicted octanol–water partition coefficient (Wildman–Crippen LogP) is 0.733. The number of carbonyl (C=O) groups excluding carboxylic acids is 1. The lowest BCUT2D eigenvalue weighted by molar-refractivity contribution is -0.125. The van der Waals surface area contributed by atoms with Crippen LogP contribution in [-0.4, -0.2) is 55.2 Å². The Morgan fingerprint density at radius 1 is 1.43 bits per heavy atom. The van der Waals surface area contributed by atoms with Gasteiger partial charge in [0, 0.05) is 12.6 Å². The Balaban J connectivity index is 1.95. The molecule has 5 nitrogen and oxygen atoms in total. The summed E-state index contributed by atoms with van der Waals surface area (Å²) in [5.74, 6) is 0.384. The van der Waals surface area contributed by atoms with Crippen molar-refractivity contribution in [2.75, 3.05) is 27.2 Å². The number of likely N-dealkylation sites (N-methyl/N-ethyl adjacent to an activating group) is 2. The first kappa shape index (κ1) is 15.8. The Hall–Kier alpha value is -1.59. The molecule has 5 heteroatoms. The zero-order chi connectivity index (χ0) is 15.2. The largest absolute Gasteiger partial charge is 0.508 e. The molecule has 21 heavy (non-hydrogen) atoms. The number of aromatic hydroxyl groups is 1. The number of rotatable bonds is 6. The highest BCUT2D eigenvalue weighted by Gasteiger charge is 2.28. The fraction of sp³-hybridized carbons (Fsp3) is 0.562. The van der Waals surface area contributed by atoms with Crippen LogP contribution in [0.2, 0.25) is 0 Å². The van der Waals surface area contributed by atoms with E-state index in [0.29, 0.717) is 0 Å². The summed E-state index contributed by atoms with van der Waals surface area (Å²) in [6.07, 6.45) is 2.78. The Morgan fingerprint density at radius 3 is 2.71 bits per heavy atom. The number of hydrogen-bond donors (Lipinski definition) is 3. The van der Waals surface area contributed by atoms with Gasteiger partial charge >= 0.3 is 0 Å². The molecule has 1 fully saturated rings. The number of likely N-dealkylation sites (tertiary alicyclic amines) is 1. The van der Waals surface area contributed by atoms with Crippen LogP contribution in [0.3, 0.4) is 0 Å². The molecule has 0 unspecified atom stereocenters. The lowest BCUT2D eigenvalue weighted by Gasteiger charge is -2.24. The topological polar surface area (TPSA) is 64.6 Å². The van der Waals surface area contributed by atoms with Crippen molar-refractivity contribution in [1.29, 1.82) is 0 Å². The fourth-order valence-corrected chi connectivity index (χ4v) is 2.88. The molecule has 3 N–H and O–H groups in total. The van der Waals surface area contributed by atoms with Crippen LogP contribution in [0.25, 0.3) is 0 Å². The molecule has 0 aliphatic carbocycles. The first-order chi connectivity index (χ1) is 10.1. The Labute approximate surface area is 126 Å². The van der Waals surface area contributed by atoms with Gasteiger partial charge in [0.15, 0.2) is 0 Å². The molecule has 1 heterocycles. The average Bonchev–Trinajstić information content (AvgIpc) is 2.88. The summed E-state index contributed by atoms with van der Waals surface area (Å²) in [5.41, 5.74) is 1.10. The molecule has 0 bridgehead atoms. The highest BCUT2D eigenvalue weighted by atomic mass is 16.3. The maximum absolute atomic E-state index is 12.4. The number of carbonyl (C=O) groups is 1. The van der Waals surface area contributed by atoms with Crippen LogP contribution in [0.5, 0.6) is 5.75 Å². The third kappa shape index (κ3) is 4.44. The molecular weight excluding hydrogens is 266 g/mol. The molecule has 0 saturated carbocycles. The maximum atomic E-state index is 12.4. The summed E-state index contributed by atoms with van der Waals surface area (Å²) in [6.45, 7) is 1.72. The number of phenols is 1. The number of hydrogen-bond acceptors (Lipinski definition) is 4. The molecular formula is C16H25N3O2. The predicted molar refractivity (Wildman–Crippen MR) is 83.3 cm³/mol. The van der Waals surface area contributed by atoms with Crippen LogP contribution in [-0.2, 0) is 11.2 Å². The molecule has 2 atom stereocenters. The second-order valence-corrected chi connectivity index (χ2v) is 5.77. The Bertz CT molecular complexity index is 461. The van der Waals surface area contributed by atoms with Crippen molar-refractivity contribution < 1.29 is 9.90 Å². The summed E-state index contributed by atoms with van der Waals surface area (Å²) >= 11 is 0. The zero-order valence-corrected chi connectivity index (χ0v) is 12.8. The second kappa shape index (κ2) is 7.43. The van der Waals surface area contributed by atoms with Crippen LogP contribution < -0.4 is 10.6 Å². The number of benzene rings is 1. The number of nitrogens with one attached hydrogen (secondary N) is 2. The minimum Gasteiger partial charge on any atom is -0.508 e. The molecule has 1 aromatic carbocycles.